The van der Waals surface area contributed by atoms with E-state index in [4.69, 9.17) is 9.84 Å². The molecule has 1 aliphatic heterocycles. The Bertz CT molecular complexity index is 161. The van der Waals surface area contributed by atoms with E-state index in [1.54, 1.807) is 21.0 Å². The molecule has 1 fully saturated rings. The number of hydrogen-bond donors (Lipinski definition) is 1. The molecule has 4 nitrogen and oxygen atoms in total. The maximum Gasteiger partial charge on any atom is 0.219 e. The van der Waals surface area contributed by atoms with Gasteiger partial charge in [-0.15, -0.1) is 0 Å². The molecule has 14 heavy (non-hydrogen) atoms. The number of likely N-dealkylation sites (tertiary alicyclic amines) is 1. The maximum atomic E-state index is 11.0. The molecule has 0 unspecified atom stereocenters. The summed E-state index contributed by atoms with van der Waals surface area (Å²) in [5.41, 5.74) is 0. The molecule has 4 heteroatoms. The standard InChI is InChI=1S/C8H15NO2.C2H6O/c1-7(10)9-5-3-4-8(9)6-11-2;1-2-3/h8H,3-6H2,1-2H3;3H,2H2,1H3/t8-;/m0./s1. The van der Waals surface area contributed by atoms with Crippen molar-refractivity contribution in [2.75, 3.05) is 26.9 Å². The monoisotopic (exact) mass is 203 g/mol. The Morgan fingerprint density at radius 2 is 2.21 bits per heavy atom. The zero-order chi connectivity index (χ0) is 11.0. The van der Waals surface area contributed by atoms with Crippen LogP contribution in [0.15, 0.2) is 0 Å². The fourth-order valence-corrected chi connectivity index (χ4v) is 1.62. The van der Waals surface area contributed by atoms with Gasteiger partial charge in [-0.25, -0.2) is 0 Å². The zero-order valence-corrected chi connectivity index (χ0v) is 9.32. The van der Waals surface area contributed by atoms with Crippen LogP contribution in [-0.2, 0) is 9.53 Å². The molecular weight excluding hydrogens is 182 g/mol. The van der Waals surface area contributed by atoms with Gasteiger partial charge in [0.2, 0.25) is 5.91 Å². The predicted octanol–water partition coefficient (Wildman–Crippen LogP) is 0.642. The van der Waals surface area contributed by atoms with Gasteiger partial charge in [0.25, 0.3) is 0 Å². The molecule has 0 radical (unpaired) electrons. The van der Waals surface area contributed by atoms with Crippen molar-refractivity contribution in [3.8, 4) is 0 Å². The second-order valence-electron chi connectivity index (χ2n) is 3.28. The van der Waals surface area contributed by atoms with E-state index in [-0.39, 0.29) is 12.5 Å². The summed E-state index contributed by atoms with van der Waals surface area (Å²) in [5, 5.41) is 7.57. The van der Waals surface area contributed by atoms with Crippen LogP contribution < -0.4 is 0 Å². The van der Waals surface area contributed by atoms with E-state index in [0.717, 1.165) is 19.4 Å². The normalized spacial score (nSPS) is 20.3. The Morgan fingerprint density at radius 3 is 2.64 bits per heavy atom. The lowest BCUT2D eigenvalue weighted by atomic mass is 10.2. The molecule has 0 saturated carbocycles. The SMILES string of the molecule is CCO.COC[C@@H]1CCCN1C(C)=O. The zero-order valence-electron chi connectivity index (χ0n) is 9.32. The summed E-state index contributed by atoms with van der Waals surface area (Å²) >= 11 is 0. The third-order valence-corrected chi connectivity index (χ3v) is 2.14. The summed E-state index contributed by atoms with van der Waals surface area (Å²) < 4.78 is 5.01. The number of carbonyl (C=O) groups is 1. The number of carbonyl (C=O) groups excluding carboxylic acids is 1. The number of aliphatic hydroxyl groups is 1. The van der Waals surface area contributed by atoms with E-state index < -0.39 is 0 Å². The summed E-state index contributed by atoms with van der Waals surface area (Å²) in [6.45, 7) is 5.14. The van der Waals surface area contributed by atoms with Crippen molar-refractivity contribution in [2.45, 2.75) is 32.7 Å². The lowest BCUT2D eigenvalue weighted by molar-refractivity contribution is -0.130. The first-order valence-electron chi connectivity index (χ1n) is 5.04. The van der Waals surface area contributed by atoms with Crippen molar-refractivity contribution >= 4 is 5.91 Å². The van der Waals surface area contributed by atoms with Crippen molar-refractivity contribution in [1.82, 2.24) is 4.90 Å². The fraction of sp³-hybridized carbons (Fsp3) is 0.900. The van der Waals surface area contributed by atoms with Crippen molar-refractivity contribution in [1.29, 1.82) is 0 Å². The number of hydrogen-bond acceptors (Lipinski definition) is 3. The molecule has 1 heterocycles. The molecule has 0 aromatic rings. The van der Waals surface area contributed by atoms with Crippen LogP contribution in [0.2, 0.25) is 0 Å². The topological polar surface area (TPSA) is 49.8 Å². The highest BCUT2D eigenvalue weighted by Crippen LogP contribution is 2.16. The van der Waals surface area contributed by atoms with Crippen molar-refractivity contribution < 1.29 is 14.6 Å². The highest BCUT2D eigenvalue weighted by Gasteiger charge is 2.25. The third-order valence-electron chi connectivity index (χ3n) is 2.14. The molecule has 1 aliphatic rings. The van der Waals surface area contributed by atoms with E-state index >= 15 is 0 Å². The minimum atomic E-state index is 0.171. The van der Waals surface area contributed by atoms with Crippen LogP contribution in [0.1, 0.15) is 26.7 Å². The van der Waals surface area contributed by atoms with Crippen molar-refractivity contribution in [3.05, 3.63) is 0 Å². The minimum Gasteiger partial charge on any atom is -0.397 e. The number of ether oxygens (including phenoxy) is 1. The van der Waals surface area contributed by atoms with Crippen LogP contribution in [0, 0.1) is 0 Å². The van der Waals surface area contributed by atoms with Crippen LogP contribution in [-0.4, -0.2) is 48.8 Å². The van der Waals surface area contributed by atoms with Crippen molar-refractivity contribution in [3.63, 3.8) is 0 Å². The van der Waals surface area contributed by atoms with Gasteiger partial charge in [-0.1, -0.05) is 0 Å². The second kappa shape index (κ2) is 7.76. The Balaban J connectivity index is 0.000000500. The minimum absolute atomic E-state index is 0.171. The number of methoxy groups -OCH3 is 1. The van der Waals surface area contributed by atoms with Gasteiger partial charge in [-0.3, -0.25) is 4.79 Å². The molecule has 1 rings (SSSR count). The van der Waals surface area contributed by atoms with Gasteiger partial charge in [0.05, 0.1) is 12.6 Å². The number of rotatable bonds is 2. The molecule has 1 saturated heterocycles. The lowest BCUT2D eigenvalue weighted by Gasteiger charge is -2.22. The molecular formula is C10H21NO3. The predicted molar refractivity (Wildman–Crippen MR) is 55.0 cm³/mol. The first-order chi connectivity index (χ1) is 6.67. The largest absolute Gasteiger partial charge is 0.397 e. The van der Waals surface area contributed by atoms with Gasteiger partial charge in [0.1, 0.15) is 0 Å². The highest BCUT2D eigenvalue weighted by atomic mass is 16.5. The van der Waals surface area contributed by atoms with Crippen LogP contribution in [0.5, 0.6) is 0 Å². The van der Waals surface area contributed by atoms with Gasteiger partial charge in [-0.2, -0.15) is 0 Å². The van der Waals surface area contributed by atoms with Gasteiger partial charge in [0, 0.05) is 27.2 Å². The van der Waals surface area contributed by atoms with E-state index in [2.05, 4.69) is 0 Å². The van der Waals surface area contributed by atoms with Crippen molar-refractivity contribution in [2.24, 2.45) is 0 Å². The Labute approximate surface area is 85.9 Å². The van der Waals surface area contributed by atoms with E-state index in [1.807, 2.05) is 4.90 Å². The van der Waals surface area contributed by atoms with Gasteiger partial charge < -0.3 is 14.7 Å². The van der Waals surface area contributed by atoms with E-state index in [9.17, 15) is 4.79 Å². The van der Waals surface area contributed by atoms with Crippen LogP contribution in [0.4, 0.5) is 0 Å². The molecule has 84 valence electrons. The fourth-order valence-electron chi connectivity index (χ4n) is 1.62. The molecule has 0 spiro atoms. The quantitative estimate of drug-likeness (QED) is 0.716. The van der Waals surface area contributed by atoms with Gasteiger partial charge in [-0.05, 0) is 19.8 Å². The molecule has 0 aromatic heterocycles. The molecule has 1 amide bonds. The van der Waals surface area contributed by atoms with E-state index in [1.165, 1.54) is 0 Å². The summed E-state index contributed by atoms with van der Waals surface area (Å²) in [6.07, 6.45) is 2.21. The number of aliphatic hydroxyl groups excluding tert-OH is 1. The van der Waals surface area contributed by atoms with Gasteiger partial charge in [0.15, 0.2) is 0 Å². The average molecular weight is 203 g/mol. The highest BCUT2D eigenvalue weighted by molar-refractivity contribution is 5.73. The smallest absolute Gasteiger partial charge is 0.219 e. The van der Waals surface area contributed by atoms with Crippen LogP contribution in [0.25, 0.3) is 0 Å². The first kappa shape index (κ1) is 13.4. The maximum absolute atomic E-state index is 11.0. The lowest BCUT2D eigenvalue weighted by Crippen LogP contribution is -2.36. The molecule has 1 atom stereocenters. The first-order valence-corrected chi connectivity index (χ1v) is 5.04. The number of nitrogens with zero attached hydrogens (tertiary/aromatic N) is 1. The molecule has 0 aromatic carbocycles. The average Bonchev–Trinajstić information content (AvgIpc) is 2.54. The van der Waals surface area contributed by atoms with Gasteiger partial charge >= 0.3 is 0 Å². The second-order valence-corrected chi connectivity index (χ2v) is 3.28. The Morgan fingerprint density at radius 1 is 1.64 bits per heavy atom. The Kier molecular flexibility index (Phi) is 7.42. The summed E-state index contributed by atoms with van der Waals surface area (Å²) in [5.74, 6) is 0.171. The van der Waals surface area contributed by atoms with Crippen LogP contribution >= 0.6 is 0 Å². The third kappa shape index (κ3) is 4.58. The summed E-state index contributed by atoms with van der Waals surface area (Å²) in [7, 11) is 1.68. The van der Waals surface area contributed by atoms with E-state index in [0.29, 0.717) is 12.6 Å². The summed E-state index contributed by atoms with van der Waals surface area (Å²) in [4.78, 5) is 12.9. The van der Waals surface area contributed by atoms with Crippen LogP contribution in [0.3, 0.4) is 0 Å². The molecule has 0 aliphatic carbocycles. The summed E-state index contributed by atoms with van der Waals surface area (Å²) in [6, 6.07) is 0.331. The molecule has 0 bridgehead atoms. The Hall–Kier alpha value is -0.610. The molecule has 1 N–H and O–H groups in total. The number of amides is 1.